The van der Waals surface area contributed by atoms with Crippen LogP contribution in [0.3, 0.4) is 0 Å². The van der Waals surface area contributed by atoms with Crippen LogP contribution in [0, 0.1) is 11.3 Å². The SMILES string of the molecule is CCN(C)C(=O)CN(CC#N)C1CCCC1. The first-order valence-corrected chi connectivity index (χ1v) is 6.04. The molecule has 4 nitrogen and oxygen atoms in total. The highest BCUT2D eigenvalue weighted by molar-refractivity contribution is 5.78. The molecule has 1 aliphatic carbocycles. The molecular weight excluding hydrogens is 202 g/mol. The van der Waals surface area contributed by atoms with Gasteiger partial charge in [0.1, 0.15) is 0 Å². The van der Waals surface area contributed by atoms with E-state index in [0.717, 1.165) is 19.4 Å². The molecule has 0 bridgehead atoms. The molecule has 90 valence electrons. The topological polar surface area (TPSA) is 47.3 Å². The van der Waals surface area contributed by atoms with Crippen molar-refractivity contribution in [2.24, 2.45) is 0 Å². The molecule has 0 radical (unpaired) electrons. The van der Waals surface area contributed by atoms with Gasteiger partial charge in [-0.2, -0.15) is 5.26 Å². The molecular formula is C12H21N3O. The Labute approximate surface area is 97.8 Å². The third-order valence-corrected chi connectivity index (χ3v) is 3.35. The van der Waals surface area contributed by atoms with E-state index in [2.05, 4.69) is 6.07 Å². The summed E-state index contributed by atoms with van der Waals surface area (Å²) in [6.45, 7) is 3.45. The maximum Gasteiger partial charge on any atom is 0.236 e. The summed E-state index contributed by atoms with van der Waals surface area (Å²) >= 11 is 0. The molecule has 0 aromatic rings. The van der Waals surface area contributed by atoms with Gasteiger partial charge in [0, 0.05) is 19.6 Å². The van der Waals surface area contributed by atoms with Gasteiger partial charge in [0.15, 0.2) is 0 Å². The van der Waals surface area contributed by atoms with Crippen LogP contribution in [0.4, 0.5) is 0 Å². The van der Waals surface area contributed by atoms with Crippen molar-refractivity contribution >= 4 is 5.91 Å². The fraction of sp³-hybridized carbons (Fsp3) is 0.833. The van der Waals surface area contributed by atoms with E-state index < -0.39 is 0 Å². The molecule has 1 amide bonds. The second kappa shape index (κ2) is 6.49. The largest absolute Gasteiger partial charge is 0.345 e. The average molecular weight is 223 g/mol. The molecule has 0 aliphatic heterocycles. The number of likely N-dealkylation sites (N-methyl/N-ethyl adjacent to an activating group) is 1. The van der Waals surface area contributed by atoms with Gasteiger partial charge in [-0.05, 0) is 19.8 Å². The molecule has 1 rings (SSSR count). The first-order chi connectivity index (χ1) is 7.69. The van der Waals surface area contributed by atoms with E-state index in [4.69, 9.17) is 5.26 Å². The van der Waals surface area contributed by atoms with Crippen molar-refractivity contribution in [3.05, 3.63) is 0 Å². The summed E-state index contributed by atoms with van der Waals surface area (Å²) in [4.78, 5) is 15.5. The maximum atomic E-state index is 11.8. The predicted molar refractivity (Wildman–Crippen MR) is 62.8 cm³/mol. The van der Waals surface area contributed by atoms with Gasteiger partial charge >= 0.3 is 0 Å². The number of hydrogen-bond acceptors (Lipinski definition) is 3. The minimum absolute atomic E-state index is 0.115. The quantitative estimate of drug-likeness (QED) is 0.659. The third-order valence-electron chi connectivity index (χ3n) is 3.35. The van der Waals surface area contributed by atoms with Crippen LogP contribution >= 0.6 is 0 Å². The molecule has 4 heteroatoms. The normalized spacial score (nSPS) is 16.4. The monoisotopic (exact) mass is 223 g/mol. The van der Waals surface area contributed by atoms with Gasteiger partial charge < -0.3 is 4.90 Å². The number of nitriles is 1. The lowest BCUT2D eigenvalue weighted by atomic mass is 10.2. The summed E-state index contributed by atoms with van der Waals surface area (Å²) in [5.41, 5.74) is 0. The smallest absolute Gasteiger partial charge is 0.236 e. The minimum atomic E-state index is 0.115. The summed E-state index contributed by atoms with van der Waals surface area (Å²) in [6, 6.07) is 2.60. The number of rotatable bonds is 5. The Balaban J connectivity index is 2.50. The van der Waals surface area contributed by atoms with Gasteiger partial charge in [-0.3, -0.25) is 9.69 Å². The van der Waals surface area contributed by atoms with Crippen LogP contribution < -0.4 is 0 Å². The predicted octanol–water partition coefficient (Wildman–Crippen LogP) is 1.23. The minimum Gasteiger partial charge on any atom is -0.345 e. The van der Waals surface area contributed by atoms with Crippen LogP contribution in [-0.2, 0) is 4.79 Å². The van der Waals surface area contributed by atoms with E-state index in [-0.39, 0.29) is 5.91 Å². The lowest BCUT2D eigenvalue weighted by Gasteiger charge is -2.27. The van der Waals surface area contributed by atoms with Crippen LogP contribution in [0.1, 0.15) is 32.6 Å². The first-order valence-electron chi connectivity index (χ1n) is 6.04. The Kier molecular flexibility index (Phi) is 5.27. The van der Waals surface area contributed by atoms with Crippen LogP contribution in [0.15, 0.2) is 0 Å². The van der Waals surface area contributed by atoms with E-state index in [0.29, 0.717) is 19.1 Å². The van der Waals surface area contributed by atoms with Crippen molar-refractivity contribution in [3.63, 3.8) is 0 Å². The van der Waals surface area contributed by atoms with E-state index >= 15 is 0 Å². The Morgan fingerprint density at radius 2 is 2.06 bits per heavy atom. The second-order valence-electron chi connectivity index (χ2n) is 4.41. The van der Waals surface area contributed by atoms with Crippen molar-refractivity contribution in [1.82, 2.24) is 9.80 Å². The number of amides is 1. The van der Waals surface area contributed by atoms with Crippen LogP contribution in [0.5, 0.6) is 0 Å². The molecule has 0 atom stereocenters. The summed E-state index contributed by atoms with van der Waals surface area (Å²) in [7, 11) is 1.81. The molecule has 1 saturated carbocycles. The van der Waals surface area contributed by atoms with E-state index in [1.807, 2.05) is 18.9 Å². The molecule has 0 saturated heterocycles. The Morgan fingerprint density at radius 1 is 1.44 bits per heavy atom. The molecule has 1 aliphatic rings. The number of carbonyl (C=O) groups is 1. The molecule has 0 aromatic carbocycles. The van der Waals surface area contributed by atoms with Crippen LogP contribution in [-0.4, -0.2) is 48.4 Å². The van der Waals surface area contributed by atoms with E-state index in [1.54, 1.807) is 4.90 Å². The lowest BCUT2D eigenvalue weighted by Crippen LogP contribution is -2.42. The Bertz CT molecular complexity index is 266. The number of nitrogens with zero attached hydrogens (tertiary/aromatic N) is 3. The van der Waals surface area contributed by atoms with Gasteiger partial charge in [0.25, 0.3) is 0 Å². The van der Waals surface area contributed by atoms with E-state index in [1.165, 1.54) is 12.8 Å². The highest BCUT2D eigenvalue weighted by Gasteiger charge is 2.24. The summed E-state index contributed by atoms with van der Waals surface area (Å²) in [6.07, 6.45) is 4.71. The fourth-order valence-corrected chi connectivity index (χ4v) is 2.15. The van der Waals surface area contributed by atoms with Gasteiger partial charge in [0.05, 0.1) is 19.2 Å². The fourth-order valence-electron chi connectivity index (χ4n) is 2.15. The van der Waals surface area contributed by atoms with Gasteiger partial charge in [0.2, 0.25) is 5.91 Å². The van der Waals surface area contributed by atoms with Crippen molar-refractivity contribution in [3.8, 4) is 6.07 Å². The summed E-state index contributed by atoms with van der Waals surface area (Å²) < 4.78 is 0. The second-order valence-corrected chi connectivity index (χ2v) is 4.41. The standard InChI is InChI=1S/C12H21N3O/c1-3-14(2)12(16)10-15(9-8-13)11-6-4-5-7-11/h11H,3-7,9-10H2,1-2H3. The zero-order chi connectivity index (χ0) is 12.0. The Morgan fingerprint density at radius 3 is 2.56 bits per heavy atom. The average Bonchev–Trinajstić information content (AvgIpc) is 2.80. The number of carbonyl (C=O) groups excluding carboxylic acids is 1. The van der Waals surface area contributed by atoms with Gasteiger partial charge in [-0.15, -0.1) is 0 Å². The third kappa shape index (κ3) is 3.49. The maximum absolute atomic E-state index is 11.8. The molecule has 0 heterocycles. The highest BCUT2D eigenvalue weighted by Crippen LogP contribution is 2.23. The summed E-state index contributed by atoms with van der Waals surface area (Å²) in [5.74, 6) is 0.115. The number of hydrogen-bond donors (Lipinski definition) is 0. The van der Waals surface area contributed by atoms with Crippen LogP contribution in [0.25, 0.3) is 0 Å². The molecule has 16 heavy (non-hydrogen) atoms. The van der Waals surface area contributed by atoms with E-state index in [9.17, 15) is 4.79 Å². The zero-order valence-corrected chi connectivity index (χ0v) is 10.3. The highest BCUT2D eigenvalue weighted by atomic mass is 16.2. The van der Waals surface area contributed by atoms with Gasteiger partial charge in [-0.25, -0.2) is 0 Å². The lowest BCUT2D eigenvalue weighted by molar-refractivity contribution is -0.131. The summed E-state index contributed by atoms with van der Waals surface area (Å²) in [5, 5.41) is 8.79. The molecule has 0 aromatic heterocycles. The molecule has 0 spiro atoms. The first kappa shape index (κ1) is 13.0. The zero-order valence-electron chi connectivity index (χ0n) is 10.3. The Hall–Kier alpha value is -1.08. The van der Waals surface area contributed by atoms with Crippen molar-refractivity contribution in [2.45, 2.75) is 38.6 Å². The van der Waals surface area contributed by atoms with Crippen LogP contribution in [0.2, 0.25) is 0 Å². The van der Waals surface area contributed by atoms with Gasteiger partial charge in [-0.1, -0.05) is 12.8 Å². The van der Waals surface area contributed by atoms with Crippen molar-refractivity contribution < 1.29 is 4.79 Å². The van der Waals surface area contributed by atoms with Crippen molar-refractivity contribution in [1.29, 1.82) is 5.26 Å². The van der Waals surface area contributed by atoms with Crippen molar-refractivity contribution in [2.75, 3.05) is 26.7 Å². The molecule has 0 unspecified atom stereocenters. The molecule has 0 N–H and O–H groups in total. The molecule has 1 fully saturated rings.